The lowest BCUT2D eigenvalue weighted by Crippen LogP contribution is -2.40. The van der Waals surface area contributed by atoms with Gasteiger partial charge in [-0.2, -0.15) is 4.31 Å². The third-order valence-electron chi connectivity index (χ3n) is 2.80. The highest BCUT2D eigenvalue weighted by atomic mass is 32.2. The molecule has 0 radical (unpaired) electrons. The third-order valence-corrected chi connectivity index (χ3v) is 4.02. The number of carbonyl (C=O) groups is 1. The number of nitrogens with zero attached hydrogens (tertiary/aromatic N) is 2. The molecular weight excluding hydrogens is 276 g/mol. The van der Waals surface area contributed by atoms with Crippen LogP contribution in [0.25, 0.3) is 0 Å². The first kappa shape index (κ1) is 16.4. The van der Waals surface area contributed by atoms with Crippen molar-refractivity contribution < 1.29 is 13.2 Å². The van der Waals surface area contributed by atoms with Crippen molar-refractivity contribution in [1.29, 1.82) is 0 Å². The molecule has 0 atom stereocenters. The fourth-order valence-electron chi connectivity index (χ4n) is 1.68. The molecule has 0 aliphatic heterocycles. The number of amides is 1. The molecule has 0 N–H and O–H groups in total. The van der Waals surface area contributed by atoms with E-state index < -0.39 is 10.0 Å². The second kappa shape index (κ2) is 7.21. The highest BCUT2D eigenvalue weighted by molar-refractivity contribution is 7.88. The predicted octanol–water partition coefficient (Wildman–Crippen LogP) is 1.09. The molecule has 0 saturated heterocycles. The van der Waals surface area contributed by atoms with E-state index in [0.29, 0.717) is 6.54 Å². The van der Waals surface area contributed by atoms with Gasteiger partial charge in [0.2, 0.25) is 15.9 Å². The van der Waals surface area contributed by atoms with Crippen LogP contribution in [0, 0.1) is 0 Å². The Kier molecular flexibility index (Phi) is 5.91. The van der Waals surface area contributed by atoms with E-state index in [1.54, 1.807) is 7.05 Å². The summed E-state index contributed by atoms with van der Waals surface area (Å²) in [5.41, 5.74) is 0.998. The van der Waals surface area contributed by atoms with Gasteiger partial charge in [0.05, 0.1) is 12.8 Å². The third kappa shape index (κ3) is 5.14. The van der Waals surface area contributed by atoms with E-state index in [1.807, 2.05) is 30.3 Å². The van der Waals surface area contributed by atoms with Crippen molar-refractivity contribution >= 4 is 15.9 Å². The van der Waals surface area contributed by atoms with Crippen molar-refractivity contribution in [3.05, 3.63) is 48.6 Å². The number of hydrogen-bond acceptors (Lipinski definition) is 3. The molecule has 6 heteroatoms. The molecule has 0 unspecified atom stereocenters. The molecule has 1 amide bonds. The molecule has 1 aromatic rings. The fourth-order valence-corrected chi connectivity index (χ4v) is 2.40. The summed E-state index contributed by atoms with van der Waals surface area (Å²) in [7, 11) is -1.76. The van der Waals surface area contributed by atoms with Gasteiger partial charge in [-0.3, -0.25) is 4.79 Å². The van der Waals surface area contributed by atoms with Gasteiger partial charge in [-0.05, 0) is 5.56 Å². The molecule has 0 saturated carbocycles. The second-order valence-corrected chi connectivity index (χ2v) is 6.56. The number of hydrogen-bond donors (Lipinski definition) is 0. The van der Waals surface area contributed by atoms with Gasteiger partial charge in [0, 0.05) is 20.1 Å². The van der Waals surface area contributed by atoms with E-state index in [2.05, 4.69) is 6.58 Å². The van der Waals surface area contributed by atoms with Crippen molar-refractivity contribution in [2.45, 2.75) is 6.54 Å². The Morgan fingerprint density at radius 2 is 1.90 bits per heavy atom. The summed E-state index contributed by atoms with van der Waals surface area (Å²) in [4.78, 5) is 13.6. The maximum absolute atomic E-state index is 12.1. The maximum atomic E-state index is 12.1. The average Bonchev–Trinajstić information content (AvgIpc) is 2.38. The normalized spacial score (nSPS) is 11.3. The summed E-state index contributed by atoms with van der Waals surface area (Å²) in [6.45, 7) is 3.91. The van der Waals surface area contributed by atoms with Crippen LogP contribution in [-0.2, 0) is 21.4 Å². The van der Waals surface area contributed by atoms with Gasteiger partial charge < -0.3 is 4.90 Å². The highest BCUT2D eigenvalue weighted by Crippen LogP contribution is 2.05. The minimum atomic E-state index is -3.41. The van der Waals surface area contributed by atoms with Crippen LogP contribution in [0.1, 0.15) is 5.56 Å². The van der Waals surface area contributed by atoms with E-state index in [0.717, 1.165) is 16.1 Å². The molecule has 0 fully saturated rings. The predicted molar refractivity (Wildman–Crippen MR) is 79.5 cm³/mol. The maximum Gasteiger partial charge on any atom is 0.237 e. The Labute approximate surface area is 120 Å². The van der Waals surface area contributed by atoms with Gasteiger partial charge in [-0.25, -0.2) is 8.42 Å². The number of carbonyl (C=O) groups excluding carboxylic acids is 1. The number of sulfonamides is 1. The Balaban J connectivity index is 2.67. The van der Waals surface area contributed by atoms with Crippen LogP contribution in [-0.4, -0.2) is 49.9 Å². The molecule has 20 heavy (non-hydrogen) atoms. The minimum absolute atomic E-state index is 0.129. The highest BCUT2D eigenvalue weighted by Gasteiger charge is 2.20. The Morgan fingerprint density at radius 1 is 1.30 bits per heavy atom. The summed E-state index contributed by atoms with van der Waals surface area (Å²) < 4.78 is 24.2. The van der Waals surface area contributed by atoms with Crippen molar-refractivity contribution in [1.82, 2.24) is 9.21 Å². The molecule has 0 heterocycles. The van der Waals surface area contributed by atoms with Crippen LogP contribution in [0.5, 0.6) is 0 Å². The van der Waals surface area contributed by atoms with E-state index in [1.165, 1.54) is 11.0 Å². The number of likely N-dealkylation sites (N-methyl/N-ethyl adjacent to an activating group) is 1. The topological polar surface area (TPSA) is 57.7 Å². The van der Waals surface area contributed by atoms with Gasteiger partial charge >= 0.3 is 0 Å². The minimum Gasteiger partial charge on any atom is -0.340 e. The van der Waals surface area contributed by atoms with E-state index in [9.17, 15) is 13.2 Å². The van der Waals surface area contributed by atoms with Crippen molar-refractivity contribution in [3.63, 3.8) is 0 Å². The van der Waals surface area contributed by atoms with Crippen molar-refractivity contribution in [2.75, 3.05) is 26.4 Å². The van der Waals surface area contributed by atoms with Gasteiger partial charge in [0.1, 0.15) is 0 Å². The molecule has 0 aliphatic rings. The standard InChI is InChI=1S/C14H20N2O3S/c1-4-10-16(20(3,18)19)12-14(17)15(2)11-13-8-6-5-7-9-13/h4-9H,1,10-12H2,2-3H3. The van der Waals surface area contributed by atoms with E-state index >= 15 is 0 Å². The van der Waals surface area contributed by atoms with Gasteiger partial charge in [-0.1, -0.05) is 36.4 Å². The summed E-state index contributed by atoms with van der Waals surface area (Å²) >= 11 is 0. The molecule has 1 rings (SSSR count). The fraction of sp³-hybridized carbons (Fsp3) is 0.357. The first-order valence-electron chi connectivity index (χ1n) is 6.18. The second-order valence-electron chi connectivity index (χ2n) is 4.58. The summed E-state index contributed by atoms with van der Waals surface area (Å²) in [6, 6.07) is 9.53. The monoisotopic (exact) mass is 296 g/mol. The molecule has 1 aromatic carbocycles. The zero-order chi connectivity index (χ0) is 15.2. The van der Waals surface area contributed by atoms with Crippen molar-refractivity contribution in [2.24, 2.45) is 0 Å². The van der Waals surface area contributed by atoms with Gasteiger partial charge in [0.15, 0.2) is 0 Å². The van der Waals surface area contributed by atoms with Crippen LogP contribution >= 0.6 is 0 Å². The smallest absolute Gasteiger partial charge is 0.237 e. The summed E-state index contributed by atoms with van der Waals surface area (Å²) in [5, 5.41) is 0. The lowest BCUT2D eigenvalue weighted by molar-refractivity contribution is -0.130. The molecule has 110 valence electrons. The van der Waals surface area contributed by atoms with Gasteiger partial charge in [0.25, 0.3) is 0 Å². The number of benzene rings is 1. The largest absolute Gasteiger partial charge is 0.340 e. The lowest BCUT2D eigenvalue weighted by Gasteiger charge is -2.22. The van der Waals surface area contributed by atoms with Crippen LogP contribution in [0.2, 0.25) is 0 Å². The van der Waals surface area contributed by atoms with E-state index in [4.69, 9.17) is 0 Å². The first-order chi connectivity index (χ1) is 9.34. The van der Waals surface area contributed by atoms with E-state index in [-0.39, 0.29) is 19.0 Å². The Bertz CT molecular complexity index is 555. The van der Waals surface area contributed by atoms with Gasteiger partial charge in [-0.15, -0.1) is 6.58 Å². The quantitative estimate of drug-likeness (QED) is 0.708. The van der Waals surface area contributed by atoms with Crippen LogP contribution in [0.15, 0.2) is 43.0 Å². The van der Waals surface area contributed by atoms with Crippen LogP contribution in [0.3, 0.4) is 0 Å². The Hall–Kier alpha value is -1.66. The van der Waals surface area contributed by atoms with Crippen LogP contribution in [0.4, 0.5) is 0 Å². The van der Waals surface area contributed by atoms with Crippen molar-refractivity contribution in [3.8, 4) is 0 Å². The molecule has 5 nitrogen and oxygen atoms in total. The first-order valence-corrected chi connectivity index (χ1v) is 8.03. The molecule has 0 spiro atoms. The molecule has 0 aromatic heterocycles. The zero-order valence-corrected chi connectivity index (χ0v) is 12.6. The SMILES string of the molecule is C=CCN(CC(=O)N(C)Cc1ccccc1)S(C)(=O)=O. The summed E-state index contributed by atoms with van der Waals surface area (Å²) in [6.07, 6.45) is 2.55. The average molecular weight is 296 g/mol. The molecule has 0 aliphatic carbocycles. The molecular formula is C14H20N2O3S. The van der Waals surface area contributed by atoms with Crippen LogP contribution < -0.4 is 0 Å². The number of rotatable bonds is 7. The summed E-state index contributed by atoms with van der Waals surface area (Å²) in [5.74, 6) is -0.249. The Morgan fingerprint density at radius 3 is 2.40 bits per heavy atom. The lowest BCUT2D eigenvalue weighted by atomic mass is 10.2. The zero-order valence-electron chi connectivity index (χ0n) is 11.8. The molecule has 0 bridgehead atoms.